The third-order valence-electron chi connectivity index (χ3n) is 2.48. The number of aromatic nitrogens is 4. The maximum Gasteiger partial charge on any atom is 0.433 e. The van der Waals surface area contributed by atoms with Crippen LogP contribution in [0.25, 0.3) is 5.82 Å². The Balaban J connectivity index is 2.45. The first-order valence-corrected chi connectivity index (χ1v) is 6.12. The molecule has 0 bridgehead atoms. The first-order valence-electron chi connectivity index (χ1n) is 6.12. The maximum absolute atomic E-state index is 12.8. The van der Waals surface area contributed by atoms with Crippen LogP contribution < -0.4 is 5.32 Å². The van der Waals surface area contributed by atoms with Crippen LogP contribution in [0.4, 0.5) is 19.1 Å². The molecule has 2 rings (SSSR count). The van der Waals surface area contributed by atoms with Gasteiger partial charge in [-0.05, 0) is 18.9 Å². The number of anilines is 1. The van der Waals surface area contributed by atoms with E-state index in [9.17, 15) is 13.2 Å². The summed E-state index contributed by atoms with van der Waals surface area (Å²) in [7, 11) is 0. The van der Waals surface area contributed by atoms with E-state index in [0.29, 0.717) is 6.54 Å². The molecule has 0 amide bonds. The zero-order valence-corrected chi connectivity index (χ0v) is 11.1. The second-order valence-corrected chi connectivity index (χ2v) is 4.32. The van der Waals surface area contributed by atoms with Crippen molar-refractivity contribution in [2.24, 2.45) is 0 Å². The average molecular weight is 285 g/mol. The molecule has 0 saturated heterocycles. The minimum absolute atomic E-state index is 0.0511. The Kier molecular flexibility index (Phi) is 3.91. The molecule has 5 nitrogen and oxygen atoms in total. The summed E-state index contributed by atoms with van der Waals surface area (Å²) < 4.78 is 39.8. The fourth-order valence-corrected chi connectivity index (χ4v) is 1.55. The molecule has 0 aliphatic rings. The lowest BCUT2D eigenvalue weighted by Crippen LogP contribution is -2.14. The number of nitrogens with zero attached hydrogens (tertiary/aromatic N) is 4. The average Bonchev–Trinajstić information content (AvgIpc) is 2.82. The Morgan fingerprint density at radius 2 is 2.05 bits per heavy atom. The highest BCUT2D eigenvalue weighted by atomic mass is 19.4. The molecule has 0 aromatic carbocycles. The summed E-state index contributed by atoms with van der Waals surface area (Å²) in [6, 6.07) is 0.879. The van der Waals surface area contributed by atoms with Crippen molar-refractivity contribution in [1.29, 1.82) is 0 Å². The van der Waals surface area contributed by atoms with E-state index in [2.05, 4.69) is 20.4 Å². The summed E-state index contributed by atoms with van der Waals surface area (Å²) in [5.74, 6) is 0.0313. The smallest absolute Gasteiger partial charge is 0.354 e. The number of hydrogen-bond acceptors (Lipinski definition) is 4. The van der Waals surface area contributed by atoms with Gasteiger partial charge in [-0.2, -0.15) is 23.3 Å². The van der Waals surface area contributed by atoms with Crippen molar-refractivity contribution in [1.82, 2.24) is 19.7 Å². The SMILES string of the molecule is CCCNc1nc(-n2cc(C)cn2)cc(C(F)(F)F)n1. The monoisotopic (exact) mass is 285 g/mol. The van der Waals surface area contributed by atoms with E-state index in [4.69, 9.17) is 0 Å². The molecule has 2 aromatic heterocycles. The number of halogens is 3. The van der Waals surface area contributed by atoms with Crippen LogP contribution in [0.1, 0.15) is 24.6 Å². The molecule has 2 aromatic rings. The lowest BCUT2D eigenvalue weighted by atomic mass is 10.3. The Morgan fingerprint density at radius 1 is 1.30 bits per heavy atom. The minimum Gasteiger partial charge on any atom is -0.354 e. The van der Waals surface area contributed by atoms with Crippen molar-refractivity contribution in [3.63, 3.8) is 0 Å². The first-order chi connectivity index (χ1) is 9.40. The van der Waals surface area contributed by atoms with Gasteiger partial charge < -0.3 is 5.32 Å². The van der Waals surface area contributed by atoms with Gasteiger partial charge in [-0.1, -0.05) is 6.92 Å². The molecule has 0 saturated carbocycles. The highest BCUT2D eigenvalue weighted by Crippen LogP contribution is 2.29. The summed E-state index contributed by atoms with van der Waals surface area (Å²) in [5, 5.41) is 6.72. The molecule has 8 heteroatoms. The lowest BCUT2D eigenvalue weighted by molar-refractivity contribution is -0.141. The third kappa shape index (κ3) is 3.25. The van der Waals surface area contributed by atoms with Crippen LogP contribution in [-0.2, 0) is 6.18 Å². The number of aryl methyl sites for hydroxylation is 1. The second-order valence-electron chi connectivity index (χ2n) is 4.32. The van der Waals surface area contributed by atoms with Crippen LogP contribution in [0.5, 0.6) is 0 Å². The van der Waals surface area contributed by atoms with Crippen molar-refractivity contribution in [2.75, 3.05) is 11.9 Å². The fraction of sp³-hybridized carbons (Fsp3) is 0.417. The maximum atomic E-state index is 12.8. The Bertz CT molecular complexity index is 591. The molecular weight excluding hydrogens is 271 g/mol. The molecule has 0 atom stereocenters. The molecule has 0 spiro atoms. The topological polar surface area (TPSA) is 55.6 Å². The van der Waals surface area contributed by atoms with Gasteiger partial charge in [0.1, 0.15) is 0 Å². The van der Waals surface area contributed by atoms with Crippen molar-refractivity contribution in [3.05, 3.63) is 29.7 Å². The molecule has 0 radical (unpaired) electrons. The minimum atomic E-state index is -4.53. The van der Waals surface area contributed by atoms with Gasteiger partial charge in [0.05, 0.1) is 6.20 Å². The molecule has 0 aliphatic carbocycles. The van der Waals surface area contributed by atoms with Crippen LogP contribution in [0.3, 0.4) is 0 Å². The highest BCUT2D eigenvalue weighted by Gasteiger charge is 2.34. The van der Waals surface area contributed by atoms with E-state index in [0.717, 1.165) is 18.1 Å². The van der Waals surface area contributed by atoms with E-state index in [1.165, 1.54) is 4.68 Å². The molecule has 2 heterocycles. The lowest BCUT2D eigenvalue weighted by Gasteiger charge is -2.11. The molecular formula is C12H14F3N5. The fourth-order valence-electron chi connectivity index (χ4n) is 1.55. The first kappa shape index (κ1) is 14.3. The predicted molar refractivity (Wildman–Crippen MR) is 67.7 cm³/mol. The largest absolute Gasteiger partial charge is 0.433 e. The van der Waals surface area contributed by atoms with Crippen molar-refractivity contribution in [2.45, 2.75) is 26.4 Å². The van der Waals surface area contributed by atoms with Gasteiger partial charge in [0, 0.05) is 18.8 Å². The van der Waals surface area contributed by atoms with Crippen molar-refractivity contribution >= 4 is 5.95 Å². The molecule has 108 valence electrons. The van der Waals surface area contributed by atoms with Crippen LogP contribution >= 0.6 is 0 Å². The van der Waals surface area contributed by atoms with Crippen molar-refractivity contribution < 1.29 is 13.2 Å². The zero-order chi connectivity index (χ0) is 14.8. The molecule has 0 unspecified atom stereocenters. The van der Waals surface area contributed by atoms with E-state index in [1.807, 2.05) is 6.92 Å². The number of hydrogen-bond donors (Lipinski definition) is 1. The summed E-state index contributed by atoms with van der Waals surface area (Å²) >= 11 is 0. The van der Waals surface area contributed by atoms with E-state index in [-0.39, 0.29) is 11.8 Å². The summed E-state index contributed by atoms with van der Waals surface area (Å²) in [5.41, 5.74) is -0.158. The Labute approximate surface area is 113 Å². The summed E-state index contributed by atoms with van der Waals surface area (Å²) in [6.45, 7) is 4.20. The van der Waals surface area contributed by atoms with Gasteiger partial charge in [0.25, 0.3) is 0 Å². The van der Waals surface area contributed by atoms with Crippen LogP contribution in [-0.4, -0.2) is 26.3 Å². The van der Waals surface area contributed by atoms with Gasteiger partial charge in [0.15, 0.2) is 11.5 Å². The Morgan fingerprint density at radius 3 is 2.60 bits per heavy atom. The predicted octanol–water partition coefficient (Wildman–Crippen LogP) is 2.81. The molecule has 0 aliphatic heterocycles. The van der Waals surface area contributed by atoms with Crippen LogP contribution in [0.15, 0.2) is 18.5 Å². The van der Waals surface area contributed by atoms with E-state index >= 15 is 0 Å². The van der Waals surface area contributed by atoms with E-state index < -0.39 is 11.9 Å². The second kappa shape index (κ2) is 5.48. The number of nitrogens with one attached hydrogen (secondary N) is 1. The molecule has 1 N–H and O–H groups in total. The number of rotatable bonds is 4. The normalized spacial score (nSPS) is 11.7. The molecule has 0 fully saturated rings. The quantitative estimate of drug-likeness (QED) is 0.938. The summed E-state index contributed by atoms with van der Waals surface area (Å²) in [6.07, 6.45) is -0.612. The van der Waals surface area contributed by atoms with Gasteiger partial charge in [-0.3, -0.25) is 0 Å². The van der Waals surface area contributed by atoms with Crippen molar-refractivity contribution in [3.8, 4) is 5.82 Å². The van der Waals surface area contributed by atoms with E-state index in [1.54, 1.807) is 19.3 Å². The highest BCUT2D eigenvalue weighted by molar-refractivity contribution is 5.36. The van der Waals surface area contributed by atoms with Crippen LogP contribution in [0, 0.1) is 6.92 Å². The van der Waals surface area contributed by atoms with Gasteiger partial charge >= 0.3 is 6.18 Å². The van der Waals surface area contributed by atoms with Gasteiger partial charge in [-0.25, -0.2) is 9.67 Å². The Hall–Kier alpha value is -2.12. The van der Waals surface area contributed by atoms with Gasteiger partial charge in [0.2, 0.25) is 5.95 Å². The standard InChI is InChI=1S/C12H14F3N5/c1-3-4-16-11-18-9(12(13,14)15)5-10(19-11)20-7-8(2)6-17-20/h5-7H,3-4H2,1-2H3,(H,16,18,19). The van der Waals surface area contributed by atoms with Crippen LogP contribution in [0.2, 0.25) is 0 Å². The summed E-state index contributed by atoms with van der Waals surface area (Å²) in [4.78, 5) is 7.53. The van der Waals surface area contributed by atoms with Gasteiger partial charge in [-0.15, -0.1) is 0 Å². The molecule has 20 heavy (non-hydrogen) atoms. The zero-order valence-electron chi connectivity index (χ0n) is 11.1. The number of alkyl halides is 3. The third-order valence-corrected chi connectivity index (χ3v) is 2.48.